The number of ether oxygens (including phenoxy) is 1. The van der Waals surface area contributed by atoms with E-state index < -0.39 is 0 Å². The smallest absolute Gasteiger partial charge is 0.119 e. The van der Waals surface area contributed by atoms with E-state index in [1.165, 1.54) is 11.1 Å². The fraction of sp³-hybridized carbons (Fsp3) is 0.529. The molecule has 0 fully saturated rings. The molecule has 18 heavy (non-hydrogen) atoms. The molecule has 1 heteroatoms. The van der Waals surface area contributed by atoms with Gasteiger partial charge in [0.25, 0.3) is 0 Å². The van der Waals surface area contributed by atoms with Crippen LogP contribution in [-0.2, 0) is 0 Å². The lowest BCUT2D eigenvalue weighted by atomic mass is 9.93. The Morgan fingerprint density at radius 2 is 1.94 bits per heavy atom. The van der Waals surface area contributed by atoms with Gasteiger partial charge in [0.2, 0.25) is 0 Å². The van der Waals surface area contributed by atoms with Gasteiger partial charge in [0, 0.05) is 0 Å². The molecule has 0 heterocycles. The molecule has 0 aliphatic heterocycles. The molecule has 1 atom stereocenters. The summed E-state index contributed by atoms with van der Waals surface area (Å²) >= 11 is 0. The van der Waals surface area contributed by atoms with Gasteiger partial charge in [-0.3, -0.25) is 0 Å². The van der Waals surface area contributed by atoms with Crippen LogP contribution >= 0.6 is 0 Å². The van der Waals surface area contributed by atoms with Crippen LogP contribution in [0.25, 0.3) is 0 Å². The monoisotopic (exact) mass is 246 g/mol. The van der Waals surface area contributed by atoms with E-state index in [1.807, 2.05) is 0 Å². The van der Waals surface area contributed by atoms with Gasteiger partial charge < -0.3 is 4.74 Å². The molecule has 0 spiro atoms. The third-order valence-corrected chi connectivity index (χ3v) is 3.08. The molecule has 0 aliphatic carbocycles. The zero-order valence-corrected chi connectivity index (χ0v) is 12.4. The van der Waals surface area contributed by atoms with Gasteiger partial charge in [-0.25, -0.2) is 0 Å². The molecular formula is C17H26O. The van der Waals surface area contributed by atoms with Crippen LogP contribution in [0.5, 0.6) is 5.75 Å². The Hall–Kier alpha value is -1.24. The van der Waals surface area contributed by atoms with Crippen LogP contribution in [0.4, 0.5) is 0 Å². The molecule has 1 rings (SSSR count). The molecule has 0 amide bonds. The van der Waals surface area contributed by atoms with Crippen molar-refractivity contribution in [1.29, 1.82) is 0 Å². The Labute approximate surface area is 112 Å². The van der Waals surface area contributed by atoms with Gasteiger partial charge in [0.05, 0.1) is 6.61 Å². The van der Waals surface area contributed by atoms with Gasteiger partial charge >= 0.3 is 0 Å². The second-order valence-corrected chi connectivity index (χ2v) is 5.43. The Balaban J connectivity index is 2.72. The first-order valence-corrected chi connectivity index (χ1v) is 6.89. The van der Waals surface area contributed by atoms with Gasteiger partial charge in [-0.05, 0) is 55.4 Å². The van der Waals surface area contributed by atoms with Crippen molar-refractivity contribution in [2.24, 2.45) is 5.92 Å². The molecule has 0 aliphatic rings. The summed E-state index contributed by atoms with van der Waals surface area (Å²) < 4.78 is 5.75. The fourth-order valence-corrected chi connectivity index (χ4v) is 2.02. The van der Waals surface area contributed by atoms with Gasteiger partial charge in [-0.15, -0.1) is 0 Å². The Kier molecular flexibility index (Phi) is 5.97. The third-order valence-electron chi connectivity index (χ3n) is 3.08. The maximum absolute atomic E-state index is 5.75. The van der Waals surface area contributed by atoms with E-state index >= 15 is 0 Å². The molecule has 0 N–H and O–H groups in total. The van der Waals surface area contributed by atoms with Gasteiger partial charge in [-0.2, -0.15) is 0 Å². The first-order chi connectivity index (χ1) is 8.54. The van der Waals surface area contributed by atoms with Crippen molar-refractivity contribution in [3.05, 3.63) is 41.5 Å². The zero-order chi connectivity index (χ0) is 13.5. The number of hydrogen-bond donors (Lipinski definition) is 0. The van der Waals surface area contributed by atoms with E-state index in [-0.39, 0.29) is 0 Å². The highest BCUT2D eigenvalue weighted by molar-refractivity contribution is 5.36. The van der Waals surface area contributed by atoms with Crippen molar-refractivity contribution in [3.63, 3.8) is 0 Å². The topological polar surface area (TPSA) is 9.23 Å². The molecule has 1 nitrogen and oxygen atoms in total. The van der Waals surface area contributed by atoms with Crippen molar-refractivity contribution < 1.29 is 4.74 Å². The SMILES string of the molecule is C/C=C\CC(C)c1ccc(OCC(C)C)cc1C. The molecule has 0 saturated heterocycles. The molecule has 0 radical (unpaired) electrons. The van der Waals surface area contributed by atoms with Gasteiger partial charge in [0.15, 0.2) is 0 Å². The quantitative estimate of drug-likeness (QED) is 0.634. The van der Waals surface area contributed by atoms with E-state index in [9.17, 15) is 0 Å². The summed E-state index contributed by atoms with van der Waals surface area (Å²) in [5.41, 5.74) is 2.75. The minimum Gasteiger partial charge on any atom is -0.493 e. The second-order valence-electron chi connectivity index (χ2n) is 5.43. The number of rotatable bonds is 6. The predicted molar refractivity (Wildman–Crippen MR) is 79.4 cm³/mol. The second kappa shape index (κ2) is 7.25. The maximum Gasteiger partial charge on any atom is 0.119 e. The molecule has 0 bridgehead atoms. The highest BCUT2D eigenvalue weighted by atomic mass is 16.5. The van der Waals surface area contributed by atoms with Crippen LogP contribution in [0.1, 0.15) is 51.2 Å². The van der Waals surface area contributed by atoms with Crippen molar-refractivity contribution in [2.45, 2.75) is 47.0 Å². The number of aryl methyl sites for hydroxylation is 1. The van der Waals surface area contributed by atoms with Crippen LogP contribution in [0.3, 0.4) is 0 Å². The van der Waals surface area contributed by atoms with Crippen molar-refractivity contribution in [3.8, 4) is 5.75 Å². The van der Waals surface area contributed by atoms with Crippen LogP contribution in [-0.4, -0.2) is 6.61 Å². The standard InChI is InChI=1S/C17H26O/c1-6-7-8-14(4)17-10-9-16(11-15(17)5)18-12-13(2)3/h6-7,9-11,13-14H,8,12H2,1-5H3/b7-6-. The van der Waals surface area contributed by atoms with Crippen LogP contribution in [0, 0.1) is 12.8 Å². The summed E-state index contributed by atoms with van der Waals surface area (Å²) in [5.74, 6) is 2.13. The minimum atomic E-state index is 0.568. The summed E-state index contributed by atoms with van der Waals surface area (Å²) in [6.07, 6.45) is 5.45. The molecule has 0 aromatic heterocycles. The van der Waals surface area contributed by atoms with Crippen molar-refractivity contribution in [2.75, 3.05) is 6.61 Å². The fourth-order valence-electron chi connectivity index (χ4n) is 2.02. The first-order valence-electron chi connectivity index (χ1n) is 6.89. The lowest BCUT2D eigenvalue weighted by Gasteiger charge is -2.15. The maximum atomic E-state index is 5.75. The molecule has 0 saturated carbocycles. The van der Waals surface area contributed by atoms with Crippen LogP contribution < -0.4 is 4.74 Å². The number of benzene rings is 1. The summed E-state index contributed by atoms with van der Waals surface area (Å²) in [5, 5.41) is 0. The van der Waals surface area contributed by atoms with Crippen molar-refractivity contribution >= 4 is 0 Å². The van der Waals surface area contributed by atoms with Crippen LogP contribution in [0.15, 0.2) is 30.4 Å². The molecular weight excluding hydrogens is 220 g/mol. The molecule has 1 aromatic rings. The molecule has 100 valence electrons. The molecule has 1 unspecified atom stereocenters. The zero-order valence-electron chi connectivity index (χ0n) is 12.4. The summed E-state index contributed by atoms with van der Waals surface area (Å²) in [6, 6.07) is 6.46. The van der Waals surface area contributed by atoms with E-state index in [0.717, 1.165) is 18.8 Å². The van der Waals surface area contributed by atoms with Gasteiger partial charge in [0.1, 0.15) is 5.75 Å². The summed E-state index contributed by atoms with van der Waals surface area (Å²) in [6.45, 7) is 11.6. The van der Waals surface area contributed by atoms with Crippen LogP contribution in [0.2, 0.25) is 0 Å². The first kappa shape index (κ1) is 14.8. The molecule has 1 aromatic carbocycles. The normalized spacial score (nSPS) is 13.2. The Morgan fingerprint density at radius 3 is 2.50 bits per heavy atom. The van der Waals surface area contributed by atoms with E-state index in [1.54, 1.807) is 0 Å². The summed E-state index contributed by atoms with van der Waals surface area (Å²) in [4.78, 5) is 0. The number of allylic oxidation sites excluding steroid dienone is 2. The average molecular weight is 246 g/mol. The number of hydrogen-bond acceptors (Lipinski definition) is 1. The van der Waals surface area contributed by atoms with E-state index in [0.29, 0.717) is 11.8 Å². The highest BCUT2D eigenvalue weighted by Crippen LogP contribution is 2.26. The average Bonchev–Trinajstić information content (AvgIpc) is 2.33. The Bertz CT molecular complexity index is 391. The third kappa shape index (κ3) is 4.56. The lowest BCUT2D eigenvalue weighted by molar-refractivity contribution is 0.271. The van der Waals surface area contributed by atoms with Crippen molar-refractivity contribution in [1.82, 2.24) is 0 Å². The van der Waals surface area contributed by atoms with Gasteiger partial charge in [-0.1, -0.05) is 39.0 Å². The largest absolute Gasteiger partial charge is 0.493 e. The Morgan fingerprint density at radius 1 is 1.22 bits per heavy atom. The summed E-state index contributed by atoms with van der Waals surface area (Å²) in [7, 11) is 0. The van der Waals surface area contributed by atoms with E-state index in [4.69, 9.17) is 4.74 Å². The minimum absolute atomic E-state index is 0.568. The predicted octanol–water partition coefficient (Wildman–Crippen LogP) is 5.10. The highest BCUT2D eigenvalue weighted by Gasteiger charge is 2.08. The van der Waals surface area contributed by atoms with E-state index in [2.05, 4.69) is 65.0 Å². The lowest BCUT2D eigenvalue weighted by Crippen LogP contribution is -2.05.